The van der Waals surface area contributed by atoms with E-state index in [2.05, 4.69) is 72.8 Å². The van der Waals surface area contributed by atoms with Crippen LogP contribution >= 0.6 is 0 Å². The van der Waals surface area contributed by atoms with Gasteiger partial charge in [-0.15, -0.1) is 0 Å². The fourth-order valence-corrected chi connectivity index (χ4v) is 11.1. The third-order valence-corrected chi connectivity index (χ3v) is 12.4. The second-order valence-corrected chi connectivity index (χ2v) is 12.5. The molecule has 1 heteroatoms. The van der Waals surface area contributed by atoms with E-state index in [0.717, 1.165) is 23.7 Å². The van der Waals surface area contributed by atoms with Gasteiger partial charge in [0.2, 0.25) is 0 Å². The largest absolute Gasteiger partial charge is 0.118 e. The minimum atomic E-state index is -1.61. The molecule has 1 aliphatic heterocycles. The Bertz CT molecular complexity index is 670. The highest BCUT2D eigenvalue weighted by atomic mass is 28.3. The first-order valence-electron chi connectivity index (χ1n) is 9.66. The molecular formula is C23H26Si. The van der Waals surface area contributed by atoms with E-state index >= 15 is 0 Å². The van der Waals surface area contributed by atoms with Crippen LogP contribution in [0.15, 0.2) is 72.8 Å². The first-order valence-corrected chi connectivity index (χ1v) is 12.1. The van der Waals surface area contributed by atoms with Crippen LogP contribution in [0.2, 0.25) is 12.1 Å². The maximum absolute atomic E-state index is 2.55. The van der Waals surface area contributed by atoms with Crippen molar-refractivity contribution in [3.05, 3.63) is 72.8 Å². The standard InChI is InChI=1S/C23H26Si/c1-3-7-20(8-4-1)24(21-9-5-2-6-10-21)15-13-22-18-11-12-19(17-18)23(22)14-16-24/h1-12,18-19,22-23H,13-17H2/t18-,19+,22-,23-/m0/s1. The summed E-state index contributed by atoms with van der Waals surface area (Å²) in [6.07, 6.45) is 9.45. The molecule has 0 aromatic heterocycles. The van der Waals surface area contributed by atoms with Gasteiger partial charge in [-0.05, 0) is 42.2 Å². The minimum absolute atomic E-state index is 0.899. The third-order valence-electron chi connectivity index (χ3n) is 7.26. The SMILES string of the molecule is C1=C[C@H]2C[C@@H]1[C@@H]1CC[Si](c3ccccc3)(c3ccccc3)CC[C@H]12. The molecule has 122 valence electrons. The summed E-state index contributed by atoms with van der Waals surface area (Å²) in [7, 11) is -1.61. The van der Waals surface area contributed by atoms with Crippen molar-refractivity contribution in [2.75, 3.05) is 0 Å². The number of fused-ring (bicyclic) bond motifs is 5. The van der Waals surface area contributed by atoms with Crippen molar-refractivity contribution in [1.82, 2.24) is 0 Å². The lowest BCUT2D eigenvalue weighted by Crippen LogP contribution is -2.57. The van der Waals surface area contributed by atoms with Gasteiger partial charge in [-0.25, -0.2) is 0 Å². The van der Waals surface area contributed by atoms with Crippen LogP contribution in [-0.2, 0) is 0 Å². The number of hydrogen-bond acceptors (Lipinski definition) is 0. The Balaban J connectivity index is 1.56. The summed E-state index contributed by atoms with van der Waals surface area (Å²) in [5.41, 5.74) is 0. The summed E-state index contributed by atoms with van der Waals surface area (Å²) in [5, 5.41) is 3.33. The molecule has 0 amide bonds. The molecule has 2 aliphatic carbocycles. The van der Waals surface area contributed by atoms with Crippen LogP contribution in [0.5, 0.6) is 0 Å². The van der Waals surface area contributed by atoms with Crippen molar-refractivity contribution < 1.29 is 0 Å². The summed E-state index contributed by atoms with van der Waals surface area (Å²) in [6, 6.07) is 25.9. The molecule has 4 atom stereocenters. The van der Waals surface area contributed by atoms with E-state index < -0.39 is 8.07 Å². The Morgan fingerprint density at radius 1 is 0.625 bits per heavy atom. The van der Waals surface area contributed by atoms with Gasteiger partial charge < -0.3 is 0 Å². The summed E-state index contributed by atoms with van der Waals surface area (Å²) in [5.74, 6) is 3.75. The van der Waals surface area contributed by atoms with Gasteiger partial charge in [0.05, 0.1) is 0 Å². The Morgan fingerprint density at radius 2 is 1.08 bits per heavy atom. The van der Waals surface area contributed by atoms with Gasteiger partial charge in [-0.1, -0.05) is 96.0 Å². The van der Waals surface area contributed by atoms with E-state index in [1.54, 1.807) is 10.4 Å². The van der Waals surface area contributed by atoms with Crippen molar-refractivity contribution in [2.45, 2.75) is 31.4 Å². The summed E-state index contributed by atoms with van der Waals surface area (Å²) >= 11 is 0. The molecule has 2 aromatic carbocycles. The number of rotatable bonds is 2. The van der Waals surface area contributed by atoms with Gasteiger partial charge >= 0.3 is 0 Å². The topological polar surface area (TPSA) is 0 Å². The zero-order valence-electron chi connectivity index (χ0n) is 14.3. The Kier molecular flexibility index (Phi) is 3.52. The van der Waals surface area contributed by atoms with E-state index in [-0.39, 0.29) is 0 Å². The van der Waals surface area contributed by atoms with E-state index in [0.29, 0.717) is 0 Å². The first kappa shape index (κ1) is 14.7. The molecule has 1 heterocycles. The second kappa shape index (κ2) is 5.74. The zero-order chi connectivity index (χ0) is 16.0. The molecule has 2 fully saturated rings. The predicted octanol–water partition coefficient (Wildman–Crippen LogP) is 4.48. The second-order valence-electron chi connectivity index (χ2n) is 8.17. The molecule has 5 rings (SSSR count). The summed E-state index contributed by atoms with van der Waals surface area (Å²) in [4.78, 5) is 0. The average molecular weight is 331 g/mol. The molecule has 1 saturated carbocycles. The quantitative estimate of drug-likeness (QED) is 0.562. The van der Waals surface area contributed by atoms with Crippen LogP contribution in [0, 0.1) is 23.7 Å². The molecule has 0 N–H and O–H groups in total. The van der Waals surface area contributed by atoms with Gasteiger partial charge in [-0.3, -0.25) is 0 Å². The molecule has 0 radical (unpaired) electrons. The van der Waals surface area contributed by atoms with Gasteiger partial charge in [-0.2, -0.15) is 0 Å². The summed E-state index contributed by atoms with van der Waals surface area (Å²) < 4.78 is 0. The first-order chi connectivity index (χ1) is 11.9. The van der Waals surface area contributed by atoms with Gasteiger partial charge in [0.25, 0.3) is 0 Å². The molecular weight excluding hydrogens is 304 g/mol. The summed E-state index contributed by atoms with van der Waals surface area (Å²) in [6.45, 7) is 0. The fourth-order valence-electron chi connectivity index (χ4n) is 6.09. The lowest BCUT2D eigenvalue weighted by molar-refractivity contribution is 0.299. The lowest BCUT2D eigenvalue weighted by Gasteiger charge is -2.32. The van der Waals surface area contributed by atoms with Crippen molar-refractivity contribution in [1.29, 1.82) is 0 Å². The third kappa shape index (κ3) is 2.18. The van der Waals surface area contributed by atoms with Crippen LogP contribution in [0.25, 0.3) is 0 Å². The van der Waals surface area contributed by atoms with E-state index in [9.17, 15) is 0 Å². The van der Waals surface area contributed by atoms with Crippen molar-refractivity contribution in [3.63, 3.8) is 0 Å². The van der Waals surface area contributed by atoms with E-state index in [1.807, 2.05) is 0 Å². The van der Waals surface area contributed by atoms with Crippen LogP contribution < -0.4 is 10.4 Å². The number of benzene rings is 2. The maximum atomic E-state index is 2.55. The molecule has 1 saturated heterocycles. The smallest absolute Gasteiger partial charge is 0.0848 e. The van der Waals surface area contributed by atoms with Crippen molar-refractivity contribution in [3.8, 4) is 0 Å². The van der Waals surface area contributed by atoms with Crippen LogP contribution in [0.1, 0.15) is 19.3 Å². The maximum Gasteiger partial charge on any atom is 0.118 e. The molecule has 2 aromatic rings. The minimum Gasteiger partial charge on any atom is -0.0848 e. The van der Waals surface area contributed by atoms with E-state index in [1.165, 1.54) is 31.4 Å². The van der Waals surface area contributed by atoms with Crippen LogP contribution in [0.3, 0.4) is 0 Å². The monoisotopic (exact) mass is 330 g/mol. The highest BCUT2D eigenvalue weighted by molar-refractivity contribution is 7.02. The molecule has 0 unspecified atom stereocenters. The molecule has 0 spiro atoms. The van der Waals surface area contributed by atoms with Crippen molar-refractivity contribution >= 4 is 18.4 Å². The number of hydrogen-bond donors (Lipinski definition) is 0. The molecule has 24 heavy (non-hydrogen) atoms. The average Bonchev–Trinajstić information content (AvgIpc) is 3.19. The lowest BCUT2D eigenvalue weighted by atomic mass is 9.80. The Morgan fingerprint density at radius 3 is 1.54 bits per heavy atom. The van der Waals surface area contributed by atoms with Gasteiger partial charge in [0.15, 0.2) is 0 Å². The molecule has 3 aliphatic rings. The number of allylic oxidation sites excluding steroid dienone is 2. The Hall–Kier alpha value is -1.60. The van der Waals surface area contributed by atoms with Crippen molar-refractivity contribution in [2.24, 2.45) is 23.7 Å². The Labute approximate surface area is 146 Å². The van der Waals surface area contributed by atoms with Gasteiger partial charge in [0.1, 0.15) is 8.07 Å². The van der Waals surface area contributed by atoms with Crippen LogP contribution in [-0.4, -0.2) is 8.07 Å². The highest BCUT2D eigenvalue weighted by Gasteiger charge is 2.49. The fraction of sp³-hybridized carbons (Fsp3) is 0.391. The zero-order valence-corrected chi connectivity index (χ0v) is 15.3. The highest BCUT2D eigenvalue weighted by Crippen LogP contribution is 2.54. The predicted molar refractivity (Wildman–Crippen MR) is 104 cm³/mol. The van der Waals surface area contributed by atoms with E-state index in [4.69, 9.17) is 0 Å². The normalized spacial score (nSPS) is 33.2. The van der Waals surface area contributed by atoms with Gasteiger partial charge in [0, 0.05) is 0 Å². The molecule has 2 bridgehead atoms. The van der Waals surface area contributed by atoms with Crippen LogP contribution in [0.4, 0.5) is 0 Å². The molecule has 0 nitrogen and oxygen atoms in total.